The number of hydrogen-bond acceptors (Lipinski definition) is 2. The van der Waals surface area contributed by atoms with Crippen molar-refractivity contribution in [1.82, 2.24) is 4.98 Å². The van der Waals surface area contributed by atoms with Crippen molar-refractivity contribution >= 4 is 39.1 Å². The lowest BCUT2D eigenvalue weighted by Gasteiger charge is -2.07. The molecule has 0 N–H and O–H groups in total. The second kappa shape index (κ2) is 5.21. The molecular formula is C11H5BrCl2FNO. The first-order valence-corrected chi connectivity index (χ1v) is 6.05. The van der Waals surface area contributed by atoms with Gasteiger partial charge in [-0.15, -0.1) is 0 Å². The zero-order chi connectivity index (χ0) is 12.4. The topological polar surface area (TPSA) is 22.1 Å². The molecule has 0 saturated carbocycles. The van der Waals surface area contributed by atoms with Crippen LogP contribution in [0, 0.1) is 5.82 Å². The van der Waals surface area contributed by atoms with E-state index in [9.17, 15) is 4.39 Å². The molecule has 6 heteroatoms. The lowest BCUT2D eigenvalue weighted by molar-refractivity contribution is 0.422. The molecule has 0 aliphatic rings. The Kier molecular flexibility index (Phi) is 3.86. The van der Waals surface area contributed by atoms with Gasteiger partial charge < -0.3 is 4.74 Å². The maximum Gasteiger partial charge on any atom is 0.255 e. The van der Waals surface area contributed by atoms with Gasteiger partial charge in [0.1, 0.15) is 5.75 Å². The number of pyridine rings is 1. The van der Waals surface area contributed by atoms with Gasteiger partial charge in [0, 0.05) is 21.8 Å². The van der Waals surface area contributed by atoms with Gasteiger partial charge in [0.25, 0.3) is 5.88 Å². The molecule has 0 amide bonds. The van der Waals surface area contributed by atoms with Crippen LogP contribution < -0.4 is 4.74 Å². The van der Waals surface area contributed by atoms with Crippen LogP contribution >= 0.6 is 39.1 Å². The first-order valence-electron chi connectivity index (χ1n) is 4.50. The molecule has 2 nitrogen and oxygen atoms in total. The zero-order valence-electron chi connectivity index (χ0n) is 8.25. The number of aromatic nitrogens is 1. The molecule has 88 valence electrons. The molecule has 0 spiro atoms. The molecule has 1 aromatic carbocycles. The number of nitrogens with zero attached hydrogens (tertiary/aromatic N) is 1. The molecule has 0 saturated heterocycles. The summed E-state index contributed by atoms with van der Waals surface area (Å²) in [6.45, 7) is 0. The molecule has 0 radical (unpaired) electrons. The fourth-order valence-electron chi connectivity index (χ4n) is 1.14. The van der Waals surface area contributed by atoms with Crippen molar-refractivity contribution in [2.75, 3.05) is 0 Å². The lowest BCUT2D eigenvalue weighted by atomic mass is 10.3. The molecular weight excluding hydrogens is 332 g/mol. The van der Waals surface area contributed by atoms with Crippen molar-refractivity contribution in [3.05, 3.63) is 50.8 Å². The second-order valence-corrected chi connectivity index (χ2v) is 4.88. The Hall–Kier alpha value is -0.840. The normalized spacial score (nSPS) is 10.4. The third-order valence-electron chi connectivity index (χ3n) is 1.87. The van der Waals surface area contributed by atoms with Crippen LogP contribution in [0.15, 0.2) is 34.9 Å². The van der Waals surface area contributed by atoms with Crippen molar-refractivity contribution in [3.8, 4) is 11.6 Å². The number of rotatable bonds is 2. The standard InChI is InChI=1S/C11H5BrCl2FNO/c12-6-3-9(15)11(16-5-6)17-10-4-7(13)1-2-8(10)14/h1-5H. The monoisotopic (exact) mass is 335 g/mol. The van der Waals surface area contributed by atoms with Gasteiger partial charge in [-0.05, 0) is 34.1 Å². The van der Waals surface area contributed by atoms with E-state index in [0.717, 1.165) is 0 Å². The Morgan fingerprint density at radius 1 is 1.24 bits per heavy atom. The van der Waals surface area contributed by atoms with Gasteiger partial charge in [0.15, 0.2) is 5.82 Å². The van der Waals surface area contributed by atoms with Crippen LogP contribution in [0.1, 0.15) is 0 Å². The third kappa shape index (κ3) is 3.09. The summed E-state index contributed by atoms with van der Waals surface area (Å²) >= 11 is 14.8. The molecule has 0 fully saturated rings. The van der Waals surface area contributed by atoms with E-state index in [1.54, 1.807) is 12.1 Å². The highest BCUT2D eigenvalue weighted by Gasteiger charge is 2.10. The predicted octanol–water partition coefficient (Wildman–Crippen LogP) is 5.08. The zero-order valence-corrected chi connectivity index (χ0v) is 11.4. The van der Waals surface area contributed by atoms with E-state index < -0.39 is 5.82 Å². The number of ether oxygens (including phenoxy) is 1. The van der Waals surface area contributed by atoms with Gasteiger partial charge >= 0.3 is 0 Å². The highest BCUT2D eigenvalue weighted by molar-refractivity contribution is 9.10. The van der Waals surface area contributed by atoms with Crippen LogP contribution in [0.4, 0.5) is 4.39 Å². The Morgan fingerprint density at radius 2 is 2.00 bits per heavy atom. The SMILES string of the molecule is Fc1cc(Br)cnc1Oc1cc(Cl)ccc1Cl. The van der Waals surface area contributed by atoms with Crippen molar-refractivity contribution in [3.63, 3.8) is 0 Å². The lowest BCUT2D eigenvalue weighted by Crippen LogP contribution is -1.92. The molecule has 17 heavy (non-hydrogen) atoms. The molecule has 2 aromatic rings. The fraction of sp³-hybridized carbons (Fsp3) is 0. The van der Waals surface area contributed by atoms with Crippen LogP contribution in [-0.4, -0.2) is 4.98 Å². The largest absolute Gasteiger partial charge is 0.435 e. The van der Waals surface area contributed by atoms with Crippen LogP contribution in [0.3, 0.4) is 0 Å². The van der Waals surface area contributed by atoms with Gasteiger partial charge in [-0.1, -0.05) is 23.2 Å². The number of hydrogen-bond donors (Lipinski definition) is 0. The van der Waals surface area contributed by atoms with Crippen molar-refractivity contribution in [1.29, 1.82) is 0 Å². The van der Waals surface area contributed by atoms with Crippen LogP contribution in [0.2, 0.25) is 10.0 Å². The highest BCUT2D eigenvalue weighted by Crippen LogP contribution is 2.32. The summed E-state index contributed by atoms with van der Waals surface area (Å²) in [5, 5.41) is 0.778. The molecule has 0 aliphatic heterocycles. The van der Waals surface area contributed by atoms with Crippen LogP contribution in [-0.2, 0) is 0 Å². The van der Waals surface area contributed by atoms with Gasteiger partial charge in [-0.3, -0.25) is 0 Å². The minimum atomic E-state index is -0.588. The van der Waals surface area contributed by atoms with Crippen LogP contribution in [0.25, 0.3) is 0 Å². The highest BCUT2D eigenvalue weighted by atomic mass is 79.9. The summed E-state index contributed by atoms with van der Waals surface area (Å²) in [6, 6.07) is 5.92. The number of benzene rings is 1. The maximum absolute atomic E-state index is 13.5. The minimum absolute atomic E-state index is 0.155. The first-order chi connectivity index (χ1) is 8.06. The van der Waals surface area contributed by atoms with Gasteiger partial charge in [0.05, 0.1) is 5.02 Å². The van der Waals surface area contributed by atoms with Gasteiger partial charge in [0.2, 0.25) is 0 Å². The average molecular weight is 337 g/mol. The third-order valence-corrected chi connectivity index (χ3v) is 2.85. The minimum Gasteiger partial charge on any atom is -0.435 e. The molecule has 1 aromatic heterocycles. The molecule has 0 bridgehead atoms. The Bertz CT molecular complexity index is 565. The molecule has 0 aliphatic carbocycles. The van der Waals surface area contributed by atoms with Gasteiger partial charge in [-0.25, -0.2) is 9.37 Å². The summed E-state index contributed by atoms with van der Waals surface area (Å²) in [5.41, 5.74) is 0. The Balaban J connectivity index is 2.34. The predicted molar refractivity (Wildman–Crippen MR) is 68.4 cm³/mol. The van der Waals surface area contributed by atoms with E-state index in [1.807, 2.05) is 0 Å². The van der Waals surface area contributed by atoms with Crippen LogP contribution in [0.5, 0.6) is 11.6 Å². The Morgan fingerprint density at radius 3 is 2.71 bits per heavy atom. The summed E-state index contributed by atoms with van der Waals surface area (Å²) in [6.07, 6.45) is 1.43. The fourth-order valence-corrected chi connectivity index (χ4v) is 1.76. The molecule has 2 rings (SSSR count). The smallest absolute Gasteiger partial charge is 0.255 e. The molecule has 1 heterocycles. The van der Waals surface area contributed by atoms with Gasteiger partial charge in [-0.2, -0.15) is 0 Å². The summed E-state index contributed by atoms with van der Waals surface area (Å²) < 4.78 is 19.3. The molecule has 0 unspecified atom stereocenters. The maximum atomic E-state index is 13.5. The Labute approximate surface area is 115 Å². The summed E-state index contributed by atoms with van der Waals surface area (Å²) in [4.78, 5) is 3.80. The van der Waals surface area contributed by atoms with E-state index in [1.165, 1.54) is 18.3 Å². The average Bonchev–Trinajstić information content (AvgIpc) is 2.27. The summed E-state index contributed by atoms with van der Waals surface area (Å²) in [5.74, 6) is -0.485. The van der Waals surface area contributed by atoms with E-state index in [2.05, 4.69) is 20.9 Å². The summed E-state index contributed by atoms with van der Waals surface area (Å²) in [7, 11) is 0. The van der Waals surface area contributed by atoms with Crippen molar-refractivity contribution in [2.24, 2.45) is 0 Å². The van der Waals surface area contributed by atoms with E-state index in [0.29, 0.717) is 14.5 Å². The van der Waals surface area contributed by atoms with Crippen molar-refractivity contribution in [2.45, 2.75) is 0 Å². The number of halogens is 4. The molecule has 0 atom stereocenters. The first kappa shape index (κ1) is 12.6. The second-order valence-electron chi connectivity index (χ2n) is 3.12. The van der Waals surface area contributed by atoms with Crippen molar-refractivity contribution < 1.29 is 9.13 Å². The quantitative estimate of drug-likeness (QED) is 0.762. The van der Waals surface area contributed by atoms with E-state index in [4.69, 9.17) is 27.9 Å². The van der Waals surface area contributed by atoms with E-state index in [-0.39, 0.29) is 11.6 Å². The van der Waals surface area contributed by atoms with E-state index >= 15 is 0 Å².